The molecule has 0 N–H and O–H groups in total. The van der Waals surface area contributed by atoms with Gasteiger partial charge in [-0.05, 0) is 42.7 Å². The highest BCUT2D eigenvalue weighted by Gasteiger charge is 2.05. The van der Waals surface area contributed by atoms with Gasteiger partial charge in [0.25, 0.3) is 0 Å². The van der Waals surface area contributed by atoms with Crippen LogP contribution in [0, 0.1) is 5.92 Å². The first-order valence-electron chi connectivity index (χ1n) is 9.42. The van der Waals surface area contributed by atoms with Gasteiger partial charge >= 0.3 is 0 Å². The standard InChI is InChI=1S/C21H30N2O2/c1-4-6-7-8-15-24-19-11-9-18(10-12-19)20-13-14-21(23-22-20)25-16-17(3)5-2/h9-14,17H,4-8,15-16H2,1-3H3. The first-order chi connectivity index (χ1) is 12.2. The second-order valence-corrected chi connectivity index (χ2v) is 6.51. The Bertz CT molecular complexity index is 596. The Morgan fingerprint density at radius 2 is 1.68 bits per heavy atom. The first kappa shape index (κ1) is 19.2. The number of ether oxygens (including phenoxy) is 2. The van der Waals surface area contributed by atoms with Crippen LogP contribution >= 0.6 is 0 Å². The van der Waals surface area contributed by atoms with Crippen molar-refractivity contribution in [2.24, 2.45) is 5.92 Å². The van der Waals surface area contributed by atoms with Crippen molar-refractivity contribution in [2.45, 2.75) is 52.9 Å². The van der Waals surface area contributed by atoms with Gasteiger partial charge in [-0.25, -0.2) is 0 Å². The van der Waals surface area contributed by atoms with Crippen molar-refractivity contribution in [1.29, 1.82) is 0 Å². The molecule has 1 heterocycles. The van der Waals surface area contributed by atoms with Crippen molar-refractivity contribution < 1.29 is 9.47 Å². The van der Waals surface area contributed by atoms with Gasteiger partial charge in [-0.15, -0.1) is 10.2 Å². The molecule has 0 fully saturated rings. The minimum atomic E-state index is 0.524. The average molecular weight is 342 g/mol. The molecule has 2 aromatic rings. The summed E-state index contributed by atoms with van der Waals surface area (Å²) in [5, 5.41) is 8.42. The van der Waals surface area contributed by atoms with E-state index >= 15 is 0 Å². The molecule has 2 rings (SSSR count). The third-order valence-corrected chi connectivity index (χ3v) is 4.27. The van der Waals surface area contributed by atoms with Crippen LogP contribution < -0.4 is 9.47 Å². The predicted octanol–water partition coefficient (Wildman–Crippen LogP) is 5.53. The number of aromatic nitrogens is 2. The maximum atomic E-state index is 5.77. The van der Waals surface area contributed by atoms with Crippen LogP contribution in [-0.4, -0.2) is 23.4 Å². The van der Waals surface area contributed by atoms with Crippen LogP contribution in [0.5, 0.6) is 11.6 Å². The molecule has 0 aliphatic rings. The van der Waals surface area contributed by atoms with E-state index in [4.69, 9.17) is 9.47 Å². The van der Waals surface area contributed by atoms with Crippen LogP contribution in [0.4, 0.5) is 0 Å². The summed E-state index contributed by atoms with van der Waals surface area (Å²) in [7, 11) is 0. The van der Waals surface area contributed by atoms with Gasteiger partial charge in [0.05, 0.1) is 18.9 Å². The summed E-state index contributed by atoms with van der Waals surface area (Å²) in [6.45, 7) is 7.99. The van der Waals surface area contributed by atoms with E-state index in [0.29, 0.717) is 18.4 Å². The van der Waals surface area contributed by atoms with Crippen LogP contribution in [0.25, 0.3) is 11.3 Å². The van der Waals surface area contributed by atoms with Gasteiger partial charge < -0.3 is 9.47 Å². The molecule has 1 unspecified atom stereocenters. The lowest BCUT2D eigenvalue weighted by atomic mass is 10.1. The number of nitrogens with zero attached hydrogens (tertiary/aromatic N) is 2. The lowest BCUT2D eigenvalue weighted by Crippen LogP contribution is -2.08. The normalized spacial score (nSPS) is 12.0. The van der Waals surface area contributed by atoms with Gasteiger partial charge in [-0.3, -0.25) is 0 Å². The SMILES string of the molecule is CCCCCCOc1ccc(-c2ccc(OCC(C)CC)nn2)cc1. The summed E-state index contributed by atoms with van der Waals surface area (Å²) in [4.78, 5) is 0. The molecule has 0 amide bonds. The van der Waals surface area contributed by atoms with Crippen LogP contribution in [0.1, 0.15) is 52.9 Å². The molecule has 0 radical (unpaired) electrons. The number of rotatable bonds is 11. The Morgan fingerprint density at radius 1 is 0.880 bits per heavy atom. The number of hydrogen-bond acceptors (Lipinski definition) is 4. The lowest BCUT2D eigenvalue weighted by Gasteiger charge is -2.10. The zero-order valence-electron chi connectivity index (χ0n) is 15.7. The highest BCUT2D eigenvalue weighted by Crippen LogP contribution is 2.21. The van der Waals surface area contributed by atoms with E-state index in [1.165, 1.54) is 19.3 Å². The summed E-state index contributed by atoms with van der Waals surface area (Å²) in [6.07, 6.45) is 5.96. The van der Waals surface area contributed by atoms with Crippen LogP contribution in [0.3, 0.4) is 0 Å². The van der Waals surface area contributed by atoms with Crippen molar-refractivity contribution in [2.75, 3.05) is 13.2 Å². The molecule has 0 aliphatic carbocycles. The summed E-state index contributed by atoms with van der Waals surface area (Å²) in [5.41, 5.74) is 1.87. The summed E-state index contributed by atoms with van der Waals surface area (Å²) in [5.74, 6) is 2.01. The van der Waals surface area contributed by atoms with E-state index in [-0.39, 0.29) is 0 Å². The van der Waals surface area contributed by atoms with Crippen molar-refractivity contribution in [3.8, 4) is 22.9 Å². The molecule has 0 bridgehead atoms. The summed E-state index contributed by atoms with van der Waals surface area (Å²) < 4.78 is 11.4. The molecule has 4 heteroatoms. The van der Waals surface area contributed by atoms with Gasteiger partial charge in [0.15, 0.2) is 0 Å². The molecular formula is C21H30N2O2. The molecule has 25 heavy (non-hydrogen) atoms. The quantitative estimate of drug-likeness (QED) is 0.504. The highest BCUT2D eigenvalue weighted by molar-refractivity contribution is 5.59. The molecule has 4 nitrogen and oxygen atoms in total. The van der Waals surface area contributed by atoms with Gasteiger partial charge in [0.1, 0.15) is 5.75 Å². The van der Waals surface area contributed by atoms with E-state index in [0.717, 1.165) is 36.5 Å². The molecule has 0 saturated heterocycles. The minimum absolute atomic E-state index is 0.524. The monoisotopic (exact) mass is 342 g/mol. The third kappa shape index (κ3) is 6.73. The number of hydrogen-bond donors (Lipinski definition) is 0. The van der Waals surface area contributed by atoms with Gasteiger partial charge in [0, 0.05) is 11.6 Å². The summed E-state index contributed by atoms with van der Waals surface area (Å²) >= 11 is 0. The Morgan fingerprint density at radius 3 is 2.32 bits per heavy atom. The van der Waals surface area contributed by atoms with Crippen LogP contribution in [0.2, 0.25) is 0 Å². The second-order valence-electron chi connectivity index (χ2n) is 6.51. The van der Waals surface area contributed by atoms with E-state index in [1.54, 1.807) is 0 Å². The van der Waals surface area contributed by atoms with Crippen molar-refractivity contribution in [3.05, 3.63) is 36.4 Å². The highest BCUT2D eigenvalue weighted by atomic mass is 16.5. The second kappa shape index (κ2) is 10.7. The number of unbranched alkanes of at least 4 members (excludes halogenated alkanes) is 3. The Kier molecular flexibility index (Phi) is 8.23. The van der Waals surface area contributed by atoms with Crippen molar-refractivity contribution in [3.63, 3.8) is 0 Å². The largest absolute Gasteiger partial charge is 0.494 e. The van der Waals surface area contributed by atoms with E-state index < -0.39 is 0 Å². The molecule has 0 saturated carbocycles. The topological polar surface area (TPSA) is 44.2 Å². The molecule has 136 valence electrons. The molecule has 1 atom stereocenters. The predicted molar refractivity (Wildman–Crippen MR) is 102 cm³/mol. The fourth-order valence-electron chi connectivity index (χ4n) is 2.34. The zero-order chi connectivity index (χ0) is 17.9. The molecule has 0 spiro atoms. The van der Waals surface area contributed by atoms with Crippen molar-refractivity contribution >= 4 is 0 Å². The lowest BCUT2D eigenvalue weighted by molar-refractivity contribution is 0.245. The Hall–Kier alpha value is -2.10. The smallest absolute Gasteiger partial charge is 0.233 e. The first-order valence-corrected chi connectivity index (χ1v) is 9.42. The zero-order valence-corrected chi connectivity index (χ0v) is 15.7. The van der Waals surface area contributed by atoms with E-state index in [2.05, 4.69) is 31.0 Å². The van der Waals surface area contributed by atoms with Gasteiger partial charge in [-0.1, -0.05) is 46.5 Å². The number of benzene rings is 1. The fraction of sp³-hybridized carbons (Fsp3) is 0.524. The van der Waals surface area contributed by atoms with Crippen LogP contribution in [0.15, 0.2) is 36.4 Å². The Labute approximate surface area is 151 Å². The minimum Gasteiger partial charge on any atom is -0.494 e. The van der Waals surface area contributed by atoms with Crippen LogP contribution in [-0.2, 0) is 0 Å². The van der Waals surface area contributed by atoms with Crippen molar-refractivity contribution in [1.82, 2.24) is 10.2 Å². The average Bonchev–Trinajstić information content (AvgIpc) is 2.67. The maximum absolute atomic E-state index is 5.77. The third-order valence-electron chi connectivity index (χ3n) is 4.27. The van der Waals surface area contributed by atoms with E-state index in [1.807, 2.05) is 36.4 Å². The maximum Gasteiger partial charge on any atom is 0.233 e. The fourth-order valence-corrected chi connectivity index (χ4v) is 2.34. The molecular weight excluding hydrogens is 312 g/mol. The Balaban J connectivity index is 1.84. The molecule has 1 aromatic carbocycles. The molecule has 1 aromatic heterocycles. The molecule has 0 aliphatic heterocycles. The van der Waals surface area contributed by atoms with Gasteiger partial charge in [0.2, 0.25) is 5.88 Å². The summed E-state index contributed by atoms with van der Waals surface area (Å²) in [6, 6.07) is 11.8. The van der Waals surface area contributed by atoms with E-state index in [9.17, 15) is 0 Å². The van der Waals surface area contributed by atoms with Gasteiger partial charge in [-0.2, -0.15) is 0 Å².